The Kier molecular flexibility index (Phi) is 4.95. The number of hydrogen-bond acceptors (Lipinski definition) is 3. The second kappa shape index (κ2) is 6.90. The number of nitrogen functional groups attached to an aromatic ring is 1. The summed E-state index contributed by atoms with van der Waals surface area (Å²) in [6.07, 6.45) is 1.70. The van der Waals surface area contributed by atoms with Crippen LogP contribution in [0.2, 0.25) is 0 Å². The highest BCUT2D eigenvalue weighted by Gasteiger charge is 2.17. The SMILES string of the molecule is C=CCN(CCOC)C(=O)c1cc2ccccc2cc1N. The largest absolute Gasteiger partial charge is 0.398 e. The van der Waals surface area contributed by atoms with Gasteiger partial charge in [0.05, 0.1) is 12.2 Å². The predicted octanol–water partition coefficient (Wildman–Crippen LogP) is 2.70. The Morgan fingerprint density at radius 1 is 1.33 bits per heavy atom. The zero-order valence-electron chi connectivity index (χ0n) is 12.2. The minimum Gasteiger partial charge on any atom is -0.398 e. The van der Waals surface area contributed by atoms with Crippen LogP contribution in [0, 0.1) is 0 Å². The molecule has 1 amide bonds. The Bertz CT molecular complexity index is 652. The second-order valence-corrected chi connectivity index (χ2v) is 4.82. The van der Waals surface area contributed by atoms with E-state index in [0.717, 1.165) is 10.8 Å². The Balaban J connectivity index is 2.36. The van der Waals surface area contributed by atoms with Gasteiger partial charge in [-0.25, -0.2) is 0 Å². The first-order valence-corrected chi connectivity index (χ1v) is 6.84. The van der Waals surface area contributed by atoms with Crippen molar-refractivity contribution in [2.24, 2.45) is 0 Å². The molecule has 0 atom stereocenters. The molecule has 2 N–H and O–H groups in total. The van der Waals surface area contributed by atoms with E-state index in [-0.39, 0.29) is 5.91 Å². The lowest BCUT2D eigenvalue weighted by Crippen LogP contribution is -2.34. The number of amides is 1. The summed E-state index contributed by atoms with van der Waals surface area (Å²) in [6.45, 7) is 5.14. The first-order valence-electron chi connectivity index (χ1n) is 6.84. The third kappa shape index (κ3) is 3.41. The number of nitrogens with zero attached hydrogens (tertiary/aromatic N) is 1. The molecule has 0 bridgehead atoms. The maximum atomic E-state index is 12.6. The van der Waals surface area contributed by atoms with Gasteiger partial charge in [-0.1, -0.05) is 30.3 Å². The van der Waals surface area contributed by atoms with Crippen molar-refractivity contribution < 1.29 is 9.53 Å². The van der Waals surface area contributed by atoms with Crippen molar-refractivity contribution in [2.75, 3.05) is 32.5 Å². The summed E-state index contributed by atoms with van der Waals surface area (Å²) in [6, 6.07) is 11.5. The van der Waals surface area contributed by atoms with E-state index in [2.05, 4.69) is 6.58 Å². The lowest BCUT2D eigenvalue weighted by Gasteiger charge is -2.21. The van der Waals surface area contributed by atoms with Crippen molar-refractivity contribution >= 4 is 22.4 Å². The average molecular weight is 284 g/mol. The van der Waals surface area contributed by atoms with Crippen LogP contribution in [0.1, 0.15) is 10.4 Å². The number of nitrogens with two attached hydrogens (primary N) is 1. The third-order valence-corrected chi connectivity index (χ3v) is 3.35. The number of carbonyl (C=O) groups excluding carboxylic acids is 1. The van der Waals surface area contributed by atoms with Gasteiger partial charge in [0.15, 0.2) is 0 Å². The van der Waals surface area contributed by atoms with Crippen LogP contribution in [0.3, 0.4) is 0 Å². The monoisotopic (exact) mass is 284 g/mol. The first kappa shape index (κ1) is 15.1. The molecule has 4 heteroatoms. The molecule has 0 aromatic heterocycles. The van der Waals surface area contributed by atoms with Crippen molar-refractivity contribution in [2.45, 2.75) is 0 Å². The molecule has 0 saturated carbocycles. The van der Waals surface area contributed by atoms with Gasteiger partial charge in [-0.3, -0.25) is 4.79 Å². The number of rotatable bonds is 6. The highest BCUT2D eigenvalue weighted by Crippen LogP contribution is 2.23. The lowest BCUT2D eigenvalue weighted by molar-refractivity contribution is 0.0719. The van der Waals surface area contributed by atoms with Crippen LogP contribution in [0.4, 0.5) is 5.69 Å². The summed E-state index contributed by atoms with van der Waals surface area (Å²) in [5.74, 6) is -0.102. The van der Waals surface area contributed by atoms with Crippen LogP contribution in [0.5, 0.6) is 0 Å². The smallest absolute Gasteiger partial charge is 0.256 e. The highest BCUT2D eigenvalue weighted by molar-refractivity contribution is 6.04. The maximum absolute atomic E-state index is 12.6. The molecule has 0 spiro atoms. The first-order chi connectivity index (χ1) is 10.2. The van der Waals surface area contributed by atoms with E-state index in [9.17, 15) is 4.79 Å². The molecule has 2 aromatic rings. The van der Waals surface area contributed by atoms with E-state index in [1.54, 1.807) is 18.1 Å². The summed E-state index contributed by atoms with van der Waals surface area (Å²) in [7, 11) is 1.61. The van der Waals surface area contributed by atoms with Gasteiger partial charge in [-0.2, -0.15) is 0 Å². The zero-order chi connectivity index (χ0) is 15.2. The molecular formula is C17H20N2O2. The van der Waals surface area contributed by atoms with Gasteiger partial charge in [-0.05, 0) is 22.9 Å². The Labute approximate surface area is 124 Å². The number of anilines is 1. The normalized spacial score (nSPS) is 10.5. The fourth-order valence-corrected chi connectivity index (χ4v) is 2.25. The van der Waals surface area contributed by atoms with Crippen molar-refractivity contribution in [3.05, 3.63) is 54.6 Å². The molecule has 2 rings (SSSR count). The topological polar surface area (TPSA) is 55.6 Å². The molecule has 21 heavy (non-hydrogen) atoms. The van der Waals surface area contributed by atoms with Crippen LogP contribution < -0.4 is 5.73 Å². The number of hydrogen-bond donors (Lipinski definition) is 1. The van der Waals surface area contributed by atoms with Crippen LogP contribution in [-0.2, 0) is 4.74 Å². The fourth-order valence-electron chi connectivity index (χ4n) is 2.25. The standard InChI is InChI=1S/C17H20N2O2/c1-3-8-19(9-10-21-2)17(20)15-11-13-6-4-5-7-14(13)12-16(15)18/h3-7,11-12H,1,8-10,18H2,2H3. The molecule has 2 aromatic carbocycles. The Morgan fingerprint density at radius 2 is 2.00 bits per heavy atom. The molecule has 0 saturated heterocycles. The van der Waals surface area contributed by atoms with Gasteiger partial charge >= 0.3 is 0 Å². The quantitative estimate of drug-likeness (QED) is 0.655. The van der Waals surface area contributed by atoms with E-state index < -0.39 is 0 Å². The van der Waals surface area contributed by atoms with Crippen LogP contribution in [0.15, 0.2) is 49.1 Å². The molecule has 0 heterocycles. The molecule has 0 fully saturated rings. The summed E-state index contributed by atoms with van der Waals surface area (Å²) >= 11 is 0. The summed E-state index contributed by atoms with van der Waals surface area (Å²) < 4.78 is 5.05. The van der Waals surface area contributed by atoms with Gasteiger partial charge in [0.2, 0.25) is 0 Å². The minimum atomic E-state index is -0.102. The van der Waals surface area contributed by atoms with Crippen molar-refractivity contribution in [1.82, 2.24) is 4.90 Å². The van der Waals surface area contributed by atoms with Gasteiger partial charge < -0.3 is 15.4 Å². The molecule has 0 aliphatic carbocycles. The van der Waals surface area contributed by atoms with Gasteiger partial charge in [0.25, 0.3) is 5.91 Å². The van der Waals surface area contributed by atoms with Crippen molar-refractivity contribution in [3.8, 4) is 0 Å². The number of fused-ring (bicyclic) bond motifs is 1. The number of carbonyl (C=O) groups is 1. The molecular weight excluding hydrogens is 264 g/mol. The molecule has 0 unspecified atom stereocenters. The average Bonchev–Trinajstić information content (AvgIpc) is 2.50. The van der Waals surface area contributed by atoms with Crippen molar-refractivity contribution in [3.63, 3.8) is 0 Å². The Hall–Kier alpha value is -2.33. The number of benzene rings is 2. The van der Waals surface area contributed by atoms with Gasteiger partial charge in [-0.15, -0.1) is 6.58 Å². The predicted molar refractivity (Wildman–Crippen MR) is 86.3 cm³/mol. The van der Waals surface area contributed by atoms with E-state index in [4.69, 9.17) is 10.5 Å². The second-order valence-electron chi connectivity index (χ2n) is 4.82. The summed E-state index contributed by atoms with van der Waals surface area (Å²) in [5, 5.41) is 2.03. The van der Waals surface area contributed by atoms with E-state index >= 15 is 0 Å². The van der Waals surface area contributed by atoms with Gasteiger partial charge in [0.1, 0.15) is 0 Å². The molecule has 0 aliphatic heterocycles. The zero-order valence-corrected chi connectivity index (χ0v) is 12.2. The minimum absolute atomic E-state index is 0.102. The lowest BCUT2D eigenvalue weighted by atomic mass is 10.0. The van der Waals surface area contributed by atoms with E-state index in [0.29, 0.717) is 30.9 Å². The maximum Gasteiger partial charge on any atom is 0.256 e. The van der Waals surface area contributed by atoms with E-state index in [1.165, 1.54) is 0 Å². The molecule has 4 nitrogen and oxygen atoms in total. The number of methoxy groups -OCH3 is 1. The van der Waals surface area contributed by atoms with Crippen molar-refractivity contribution in [1.29, 1.82) is 0 Å². The van der Waals surface area contributed by atoms with Crippen LogP contribution >= 0.6 is 0 Å². The fraction of sp³-hybridized carbons (Fsp3) is 0.235. The Morgan fingerprint density at radius 3 is 2.62 bits per heavy atom. The summed E-state index contributed by atoms with van der Waals surface area (Å²) in [5.41, 5.74) is 7.06. The third-order valence-electron chi connectivity index (χ3n) is 3.35. The van der Waals surface area contributed by atoms with Crippen LogP contribution in [0.25, 0.3) is 10.8 Å². The molecule has 0 radical (unpaired) electrons. The van der Waals surface area contributed by atoms with Gasteiger partial charge in [0, 0.05) is 25.9 Å². The van der Waals surface area contributed by atoms with Crippen LogP contribution in [-0.4, -0.2) is 37.6 Å². The van der Waals surface area contributed by atoms with E-state index in [1.807, 2.05) is 36.4 Å². The number of ether oxygens (including phenoxy) is 1. The summed E-state index contributed by atoms with van der Waals surface area (Å²) in [4.78, 5) is 14.3. The molecule has 0 aliphatic rings. The highest BCUT2D eigenvalue weighted by atomic mass is 16.5. The molecule has 110 valence electrons.